The number of carbonyl (C=O) groups is 2. The zero-order valence-corrected chi connectivity index (χ0v) is 14.2. The van der Waals surface area contributed by atoms with Crippen LogP contribution >= 0.6 is 11.6 Å². The zero-order valence-electron chi connectivity index (χ0n) is 13.5. The van der Waals surface area contributed by atoms with Gasteiger partial charge in [-0.25, -0.2) is 4.39 Å². The third-order valence-corrected chi connectivity index (χ3v) is 4.23. The summed E-state index contributed by atoms with van der Waals surface area (Å²) in [5, 5.41) is 15.0. The molecule has 0 aliphatic heterocycles. The molecule has 0 saturated heterocycles. The smallest absolute Gasteiger partial charge is 0.256 e. The summed E-state index contributed by atoms with van der Waals surface area (Å²) in [5.74, 6) is -1.99. The molecule has 0 aliphatic rings. The summed E-state index contributed by atoms with van der Waals surface area (Å²) in [6.45, 7) is 5.20. The lowest BCUT2D eigenvalue weighted by atomic mass is 9.89. The van der Waals surface area contributed by atoms with Crippen molar-refractivity contribution < 1.29 is 19.1 Å². The molecule has 0 heterocycles. The van der Waals surface area contributed by atoms with Crippen LogP contribution in [0.25, 0.3) is 0 Å². The Labute approximate surface area is 140 Å². The van der Waals surface area contributed by atoms with E-state index < -0.39 is 23.2 Å². The molecule has 2 amide bonds. The molecule has 0 fully saturated rings. The van der Waals surface area contributed by atoms with Gasteiger partial charge in [-0.3, -0.25) is 9.59 Å². The second-order valence-electron chi connectivity index (χ2n) is 5.72. The van der Waals surface area contributed by atoms with Crippen molar-refractivity contribution >= 4 is 23.4 Å². The van der Waals surface area contributed by atoms with Gasteiger partial charge in [0, 0.05) is 6.54 Å². The van der Waals surface area contributed by atoms with Crippen molar-refractivity contribution in [1.82, 2.24) is 10.6 Å². The van der Waals surface area contributed by atoms with Gasteiger partial charge in [0.2, 0.25) is 5.91 Å². The van der Waals surface area contributed by atoms with Gasteiger partial charge in [-0.05, 0) is 25.0 Å². The van der Waals surface area contributed by atoms with Crippen LogP contribution in [0.2, 0.25) is 5.02 Å². The summed E-state index contributed by atoms with van der Waals surface area (Å²) in [7, 11) is 0. The molecule has 5 nitrogen and oxygen atoms in total. The van der Waals surface area contributed by atoms with Crippen LogP contribution in [0.5, 0.6) is 0 Å². The van der Waals surface area contributed by atoms with Gasteiger partial charge in [-0.15, -0.1) is 0 Å². The summed E-state index contributed by atoms with van der Waals surface area (Å²) in [6.07, 6.45) is 0.769. The Morgan fingerprint density at radius 1 is 1.39 bits per heavy atom. The number of hydrogen-bond acceptors (Lipinski definition) is 3. The molecule has 0 aromatic heterocycles. The molecule has 2 atom stereocenters. The van der Waals surface area contributed by atoms with Crippen molar-refractivity contribution in [2.24, 2.45) is 5.92 Å². The van der Waals surface area contributed by atoms with Crippen LogP contribution in [0.1, 0.15) is 37.6 Å². The minimum Gasteiger partial charge on any atom is -0.388 e. The van der Waals surface area contributed by atoms with E-state index in [0.29, 0.717) is 0 Å². The number of benzene rings is 1. The molecule has 3 N–H and O–H groups in total. The first-order valence-corrected chi connectivity index (χ1v) is 7.78. The average Bonchev–Trinajstić information content (AvgIpc) is 2.49. The predicted octanol–water partition coefficient (Wildman–Crippen LogP) is 2.12. The quantitative estimate of drug-likeness (QED) is 0.709. The summed E-state index contributed by atoms with van der Waals surface area (Å²) >= 11 is 5.78. The SMILES string of the molecule is CCC(C)C(C)(O)CNC(=O)CNC(=O)c1c(F)cccc1Cl. The average molecular weight is 345 g/mol. The summed E-state index contributed by atoms with van der Waals surface area (Å²) in [4.78, 5) is 23.6. The number of halogens is 2. The lowest BCUT2D eigenvalue weighted by molar-refractivity contribution is -0.121. The van der Waals surface area contributed by atoms with E-state index in [1.165, 1.54) is 12.1 Å². The van der Waals surface area contributed by atoms with Crippen molar-refractivity contribution in [1.29, 1.82) is 0 Å². The molecule has 1 rings (SSSR count). The van der Waals surface area contributed by atoms with Gasteiger partial charge < -0.3 is 15.7 Å². The molecule has 0 spiro atoms. The monoisotopic (exact) mass is 344 g/mol. The highest BCUT2D eigenvalue weighted by Gasteiger charge is 2.27. The number of carbonyl (C=O) groups excluding carboxylic acids is 2. The van der Waals surface area contributed by atoms with Crippen LogP contribution in [-0.4, -0.2) is 35.6 Å². The maximum Gasteiger partial charge on any atom is 0.256 e. The summed E-state index contributed by atoms with van der Waals surface area (Å²) in [5.41, 5.74) is -1.34. The van der Waals surface area contributed by atoms with Crippen molar-refractivity contribution in [2.75, 3.05) is 13.1 Å². The lowest BCUT2D eigenvalue weighted by Crippen LogP contribution is -2.47. The molecule has 1 aromatic rings. The van der Waals surface area contributed by atoms with E-state index >= 15 is 0 Å². The third kappa shape index (κ3) is 5.48. The normalized spacial score (nSPS) is 14.7. The van der Waals surface area contributed by atoms with Crippen molar-refractivity contribution in [3.8, 4) is 0 Å². The van der Waals surface area contributed by atoms with E-state index in [2.05, 4.69) is 10.6 Å². The molecule has 0 aliphatic carbocycles. The molecular weight excluding hydrogens is 323 g/mol. The second kappa shape index (κ2) is 8.26. The molecule has 1 aromatic carbocycles. The second-order valence-corrected chi connectivity index (χ2v) is 6.13. The standard InChI is InChI=1S/C16H22ClFN2O3/c1-4-10(2)16(3,23)9-20-13(21)8-19-15(22)14-11(17)6-5-7-12(14)18/h5-7,10,23H,4,8-9H2,1-3H3,(H,19,22)(H,20,21). The van der Waals surface area contributed by atoms with Gasteiger partial charge in [-0.1, -0.05) is 37.9 Å². The van der Waals surface area contributed by atoms with Gasteiger partial charge in [0.05, 0.1) is 22.7 Å². The third-order valence-electron chi connectivity index (χ3n) is 3.92. The lowest BCUT2D eigenvalue weighted by Gasteiger charge is -2.29. The number of amides is 2. The van der Waals surface area contributed by atoms with Crippen LogP contribution in [0.15, 0.2) is 18.2 Å². The zero-order chi connectivity index (χ0) is 17.6. The van der Waals surface area contributed by atoms with Crippen molar-refractivity contribution in [2.45, 2.75) is 32.8 Å². The fraction of sp³-hybridized carbons (Fsp3) is 0.500. The van der Waals surface area contributed by atoms with E-state index in [-0.39, 0.29) is 29.6 Å². The fourth-order valence-corrected chi connectivity index (χ4v) is 2.17. The van der Waals surface area contributed by atoms with E-state index in [4.69, 9.17) is 11.6 Å². The maximum absolute atomic E-state index is 13.6. The number of hydrogen-bond donors (Lipinski definition) is 3. The van der Waals surface area contributed by atoms with Crippen molar-refractivity contribution in [3.63, 3.8) is 0 Å². The maximum atomic E-state index is 13.6. The minimum atomic E-state index is -1.04. The van der Waals surface area contributed by atoms with Crippen LogP contribution < -0.4 is 10.6 Å². The van der Waals surface area contributed by atoms with Gasteiger partial charge in [0.25, 0.3) is 5.91 Å². The van der Waals surface area contributed by atoms with E-state index in [0.717, 1.165) is 12.5 Å². The molecule has 7 heteroatoms. The van der Waals surface area contributed by atoms with Crippen LogP contribution in [0, 0.1) is 11.7 Å². The van der Waals surface area contributed by atoms with E-state index in [1.54, 1.807) is 6.92 Å². The highest BCUT2D eigenvalue weighted by Crippen LogP contribution is 2.19. The Morgan fingerprint density at radius 3 is 2.61 bits per heavy atom. The first kappa shape index (κ1) is 19.4. The largest absolute Gasteiger partial charge is 0.388 e. The Morgan fingerprint density at radius 2 is 2.04 bits per heavy atom. The highest BCUT2D eigenvalue weighted by molar-refractivity contribution is 6.33. The Hall–Kier alpha value is -1.66. The number of aliphatic hydroxyl groups is 1. The predicted molar refractivity (Wildman–Crippen MR) is 86.8 cm³/mol. The summed E-state index contributed by atoms with van der Waals surface area (Å²) in [6, 6.07) is 3.89. The van der Waals surface area contributed by atoms with E-state index in [1.807, 2.05) is 13.8 Å². The van der Waals surface area contributed by atoms with Gasteiger partial charge in [-0.2, -0.15) is 0 Å². The van der Waals surface area contributed by atoms with Crippen LogP contribution in [0.3, 0.4) is 0 Å². The number of nitrogens with one attached hydrogen (secondary N) is 2. The minimum absolute atomic E-state index is 0.00890. The highest BCUT2D eigenvalue weighted by atomic mass is 35.5. The number of rotatable bonds is 7. The molecule has 0 bridgehead atoms. The first-order chi connectivity index (χ1) is 10.7. The van der Waals surface area contributed by atoms with Crippen LogP contribution in [0.4, 0.5) is 4.39 Å². The van der Waals surface area contributed by atoms with Crippen LogP contribution in [-0.2, 0) is 4.79 Å². The topological polar surface area (TPSA) is 78.4 Å². The molecule has 23 heavy (non-hydrogen) atoms. The first-order valence-electron chi connectivity index (χ1n) is 7.40. The molecule has 128 valence electrons. The Kier molecular flexibility index (Phi) is 6.97. The Bertz CT molecular complexity index is 558. The molecule has 0 radical (unpaired) electrons. The van der Waals surface area contributed by atoms with Crippen molar-refractivity contribution in [3.05, 3.63) is 34.6 Å². The summed E-state index contributed by atoms with van der Waals surface area (Å²) < 4.78 is 13.6. The van der Waals surface area contributed by atoms with E-state index in [9.17, 15) is 19.1 Å². The molecule has 0 saturated carbocycles. The fourth-order valence-electron chi connectivity index (χ4n) is 1.92. The molecule has 2 unspecified atom stereocenters. The van der Waals surface area contributed by atoms with Gasteiger partial charge in [0.15, 0.2) is 0 Å². The Balaban J connectivity index is 2.52. The van der Waals surface area contributed by atoms with Gasteiger partial charge >= 0.3 is 0 Å². The molecular formula is C16H22ClFN2O3. The van der Waals surface area contributed by atoms with Gasteiger partial charge in [0.1, 0.15) is 5.82 Å².